The van der Waals surface area contributed by atoms with Gasteiger partial charge in [-0.3, -0.25) is 4.79 Å². The van der Waals surface area contributed by atoms with Gasteiger partial charge in [0.1, 0.15) is 0 Å². The Morgan fingerprint density at radius 2 is 1.70 bits per heavy atom. The Hall–Kier alpha value is -2.41. The van der Waals surface area contributed by atoms with E-state index in [0.29, 0.717) is 22.6 Å². The van der Waals surface area contributed by atoms with Crippen molar-refractivity contribution in [3.8, 4) is 0 Å². The van der Waals surface area contributed by atoms with Crippen LogP contribution in [0, 0.1) is 6.92 Å². The average molecular weight is 290 g/mol. The summed E-state index contributed by atoms with van der Waals surface area (Å²) < 4.78 is 4.06. The SMILES string of the molecule is CNC(=O)Nc1ccc(NC(=O)c2csnc2C)cc1. The van der Waals surface area contributed by atoms with Crippen molar-refractivity contribution < 1.29 is 9.59 Å². The molecule has 0 spiro atoms. The molecule has 0 fully saturated rings. The third-order valence-corrected chi connectivity index (χ3v) is 3.34. The number of benzene rings is 1. The van der Waals surface area contributed by atoms with Crippen molar-refractivity contribution in [3.63, 3.8) is 0 Å². The predicted octanol–water partition coefficient (Wildman–Crippen LogP) is 2.46. The molecular weight excluding hydrogens is 276 g/mol. The van der Waals surface area contributed by atoms with Gasteiger partial charge in [0.2, 0.25) is 0 Å². The molecule has 6 nitrogen and oxygen atoms in total. The third-order valence-electron chi connectivity index (χ3n) is 2.62. The number of amides is 3. The molecule has 0 aliphatic carbocycles. The molecule has 0 aliphatic rings. The smallest absolute Gasteiger partial charge is 0.318 e. The molecule has 104 valence electrons. The summed E-state index contributed by atoms with van der Waals surface area (Å²) in [6.45, 7) is 1.79. The lowest BCUT2D eigenvalue weighted by Crippen LogP contribution is -2.24. The fraction of sp³-hybridized carbons (Fsp3) is 0.154. The first-order valence-electron chi connectivity index (χ1n) is 5.91. The zero-order valence-electron chi connectivity index (χ0n) is 11.1. The molecule has 1 heterocycles. The number of urea groups is 1. The fourth-order valence-electron chi connectivity index (χ4n) is 1.54. The first-order valence-corrected chi connectivity index (χ1v) is 6.75. The van der Waals surface area contributed by atoms with Gasteiger partial charge in [-0.25, -0.2) is 4.79 Å². The molecule has 0 aliphatic heterocycles. The summed E-state index contributed by atoms with van der Waals surface area (Å²) >= 11 is 1.25. The van der Waals surface area contributed by atoms with Crippen LogP contribution in [0.4, 0.5) is 16.2 Å². The van der Waals surface area contributed by atoms with Crippen molar-refractivity contribution in [2.24, 2.45) is 0 Å². The topological polar surface area (TPSA) is 83.1 Å². The molecule has 20 heavy (non-hydrogen) atoms. The Balaban J connectivity index is 2.02. The zero-order chi connectivity index (χ0) is 14.5. The molecule has 2 aromatic rings. The summed E-state index contributed by atoms with van der Waals surface area (Å²) in [5.41, 5.74) is 2.59. The van der Waals surface area contributed by atoms with Crippen molar-refractivity contribution in [1.29, 1.82) is 0 Å². The molecule has 3 amide bonds. The first kappa shape index (κ1) is 14.0. The van der Waals surface area contributed by atoms with Crippen LogP contribution >= 0.6 is 11.5 Å². The van der Waals surface area contributed by atoms with Crippen LogP contribution in [0.3, 0.4) is 0 Å². The zero-order valence-corrected chi connectivity index (χ0v) is 11.9. The molecule has 7 heteroatoms. The van der Waals surface area contributed by atoms with Crippen LogP contribution in [0.1, 0.15) is 16.1 Å². The van der Waals surface area contributed by atoms with E-state index in [4.69, 9.17) is 0 Å². The van der Waals surface area contributed by atoms with Gasteiger partial charge in [0.05, 0.1) is 11.3 Å². The van der Waals surface area contributed by atoms with E-state index in [1.807, 2.05) is 0 Å². The van der Waals surface area contributed by atoms with Gasteiger partial charge < -0.3 is 16.0 Å². The minimum Gasteiger partial charge on any atom is -0.341 e. The molecule has 1 aromatic carbocycles. The normalized spacial score (nSPS) is 9.90. The van der Waals surface area contributed by atoms with Gasteiger partial charge in [-0.1, -0.05) is 0 Å². The van der Waals surface area contributed by atoms with Gasteiger partial charge in [0.25, 0.3) is 5.91 Å². The van der Waals surface area contributed by atoms with Crippen molar-refractivity contribution in [2.45, 2.75) is 6.92 Å². The van der Waals surface area contributed by atoms with E-state index in [2.05, 4.69) is 20.3 Å². The van der Waals surface area contributed by atoms with Crippen LogP contribution in [0.2, 0.25) is 0 Å². The molecule has 0 unspecified atom stereocenters. The van der Waals surface area contributed by atoms with Gasteiger partial charge in [-0.2, -0.15) is 4.37 Å². The summed E-state index contributed by atoms with van der Waals surface area (Å²) in [6.07, 6.45) is 0. The van der Waals surface area contributed by atoms with Gasteiger partial charge in [0, 0.05) is 23.8 Å². The molecule has 1 aromatic heterocycles. The van der Waals surface area contributed by atoms with E-state index in [1.54, 1.807) is 43.6 Å². The Labute approximate surface area is 120 Å². The average Bonchev–Trinajstić information content (AvgIpc) is 2.87. The summed E-state index contributed by atoms with van der Waals surface area (Å²) in [5, 5.41) is 9.59. The predicted molar refractivity (Wildman–Crippen MR) is 79.3 cm³/mol. The minimum absolute atomic E-state index is 0.191. The molecular formula is C13H14N4O2S. The standard InChI is InChI=1S/C13H14N4O2S/c1-8-11(7-20-17-8)12(18)15-9-3-5-10(6-4-9)16-13(19)14-2/h3-7H,1-2H3,(H,15,18)(H2,14,16,19). The molecule has 0 radical (unpaired) electrons. The number of hydrogen-bond donors (Lipinski definition) is 3. The number of aromatic nitrogens is 1. The van der Waals surface area contributed by atoms with Crippen LogP contribution < -0.4 is 16.0 Å². The van der Waals surface area contributed by atoms with Gasteiger partial charge in [0.15, 0.2) is 0 Å². The van der Waals surface area contributed by atoms with Gasteiger partial charge >= 0.3 is 6.03 Å². The van der Waals surface area contributed by atoms with E-state index in [-0.39, 0.29) is 11.9 Å². The monoisotopic (exact) mass is 290 g/mol. The summed E-state index contributed by atoms with van der Waals surface area (Å²) in [6, 6.07) is 6.57. The highest BCUT2D eigenvalue weighted by atomic mass is 32.1. The third kappa shape index (κ3) is 3.33. The van der Waals surface area contributed by atoms with Crippen LogP contribution in [-0.2, 0) is 0 Å². The minimum atomic E-state index is -0.290. The lowest BCUT2D eigenvalue weighted by atomic mass is 10.2. The van der Waals surface area contributed by atoms with Crippen molar-refractivity contribution in [1.82, 2.24) is 9.69 Å². The molecule has 0 saturated heterocycles. The van der Waals surface area contributed by atoms with Crippen LogP contribution in [0.5, 0.6) is 0 Å². The van der Waals surface area contributed by atoms with Crippen molar-refractivity contribution in [2.75, 3.05) is 17.7 Å². The summed E-state index contributed by atoms with van der Waals surface area (Å²) in [7, 11) is 1.54. The molecule has 0 atom stereocenters. The molecule has 2 rings (SSSR count). The second-order valence-corrected chi connectivity index (χ2v) is 4.68. The highest BCUT2D eigenvalue weighted by molar-refractivity contribution is 7.04. The van der Waals surface area contributed by atoms with E-state index in [0.717, 1.165) is 0 Å². The quantitative estimate of drug-likeness (QED) is 0.812. The number of carbonyl (C=O) groups excluding carboxylic acids is 2. The maximum Gasteiger partial charge on any atom is 0.318 e. The molecule has 0 bridgehead atoms. The lowest BCUT2D eigenvalue weighted by molar-refractivity contribution is 0.102. The second kappa shape index (κ2) is 6.16. The second-order valence-electron chi connectivity index (χ2n) is 4.05. The van der Waals surface area contributed by atoms with Crippen LogP contribution in [0.15, 0.2) is 29.6 Å². The van der Waals surface area contributed by atoms with E-state index in [9.17, 15) is 9.59 Å². The van der Waals surface area contributed by atoms with Crippen LogP contribution in [-0.4, -0.2) is 23.4 Å². The highest BCUT2D eigenvalue weighted by Gasteiger charge is 2.11. The highest BCUT2D eigenvalue weighted by Crippen LogP contribution is 2.16. The lowest BCUT2D eigenvalue weighted by Gasteiger charge is -2.07. The largest absolute Gasteiger partial charge is 0.341 e. The maximum atomic E-state index is 12.0. The molecule has 0 saturated carbocycles. The Morgan fingerprint density at radius 1 is 1.10 bits per heavy atom. The number of aryl methyl sites for hydroxylation is 1. The number of rotatable bonds is 3. The number of nitrogens with zero attached hydrogens (tertiary/aromatic N) is 1. The van der Waals surface area contributed by atoms with Crippen molar-refractivity contribution in [3.05, 3.63) is 40.9 Å². The Morgan fingerprint density at radius 3 is 2.20 bits per heavy atom. The van der Waals surface area contributed by atoms with Crippen molar-refractivity contribution >= 4 is 34.8 Å². The Bertz CT molecular complexity index is 622. The summed E-state index contributed by atoms with van der Waals surface area (Å²) in [4.78, 5) is 23.1. The van der Waals surface area contributed by atoms with Gasteiger partial charge in [-0.05, 0) is 42.7 Å². The number of hydrogen-bond acceptors (Lipinski definition) is 4. The molecule has 3 N–H and O–H groups in total. The number of anilines is 2. The van der Waals surface area contributed by atoms with E-state index in [1.165, 1.54) is 11.5 Å². The maximum absolute atomic E-state index is 12.0. The van der Waals surface area contributed by atoms with Crippen LogP contribution in [0.25, 0.3) is 0 Å². The number of carbonyl (C=O) groups is 2. The van der Waals surface area contributed by atoms with E-state index < -0.39 is 0 Å². The van der Waals surface area contributed by atoms with Gasteiger partial charge in [-0.15, -0.1) is 0 Å². The fourth-order valence-corrected chi connectivity index (χ4v) is 2.23. The summed E-state index contributed by atoms with van der Waals surface area (Å²) in [5.74, 6) is -0.191. The number of nitrogens with one attached hydrogen (secondary N) is 3. The van der Waals surface area contributed by atoms with E-state index >= 15 is 0 Å². The first-order chi connectivity index (χ1) is 9.60. The Kier molecular flexibility index (Phi) is 4.31.